The van der Waals surface area contributed by atoms with Crippen LogP contribution in [-0.4, -0.2) is 39.9 Å². The van der Waals surface area contributed by atoms with Crippen LogP contribution in [0, 0.1) is 0 Å². The van der Waals surface area contributed by atoms with E-state index in [2.05, 4.69) is 21.8 Å². The van der Waals surface area contributed by atoms with Crippen LogP contribution >= 0.6 is 0 Å². The third kappa shape index (κ3) is 2.98. The summed E-state index contributed by atoms with van der Waals surface area (Å²) in [5, 5.41) is 12.5. The highest BCUT2D eigenvalue weighted by atomic mass is 16.5. The Labute approximate surface area is 129 Å². The molecule has 2 heterocycles. The highest BCUT2D eigenvalue weighted by Gasteiger charge is 2.22. The summed E-state index contributed by atoms with van der Waals surface area (Å²) in [6.07, 6.45) is 2.31. The van der Waals surface area contributed by atoms with Gasteiger partial charge in [-0.1, -0.05) is 6.92 Å². The topological polar surface area (TPSA) is 76.4 Å². The van der Waals surface area contributed by atoms with Gasteiger partial charge in [0.1, 0.15) is 5.82 Å². The molecule has 0 unspecified atom stereocenters. The van der Waals surface area contributed by atoms with E-state index in [1.807, 2.05) is 0 Å². The number of imidazole rings is 1. The van der Waals surface area contributed by atoms with Gasteiger partial charge in [-0.2, -0.15) is 0 Å². The van der Waals surface area contributed by atoms with Crippen molar-refractivity contribution in [2.24, 2.45) is 0 Å². The van der Waals surface area contributed by atoms with Crippen molar-refractivity contribution < 1.29 is 14.6 Å². The van der Waals surface area contributed by atoms with Crippen LogP contribution in [0.5, 0.6) is 0 Å². The molecular formula is C16H21N3O3. The molecule has 1 atom stereocenters. The minimum absolute atomic E-state index is 0.204. The number of hydrogen-bond acceptors (Lipinski definition) is 4. The number of nitrogens with zero attached hydrogens (tertiary/aromatic N) is 2. The summed E-state index contributed by atoms with van der Waals surface area (Å²) in [5.41, 5.74) is 1.98. The Morgan fingerprint density at radius 2 is 2.36 bits per heavy atom. The van der Waals surface area contributed by atoms with Gasteiger partial charge in [0, 0.05) is 6.61 Å². The maximum atomic E-state index is 11.2. The number of fused-ring (bicyclic) bond motifs is 1. The summed E-state index contributed by atoms with van der Waals surface area (Å²) in [6.45, 7) is 5.27. The molecule has 118 valence electrons. The van der Waals surface area contributed by atoms with E-state index in [1.165, 1.54) is 0 Å². The first-order valence-corrected chi connectivity index (χ1v) is 7.74. The second kappa shape index (κ2) is 6.46. The van der Waals surface area contributed by atoms with Crippen molar-refractivity contribution in [3.8, 4) is 0 Å². The Kier molecular flexibility index (Phi) is 4.40. The van der Waals surface area contributed by atoms with Crippen LogP contribution in [0.4, 0.5) is 0 Å². The van der Waals surface area contributed by atoms with Gasteiger partial charge in [0.25, 0.3) is 0 Å². The molecule has 1 aliphatic heterocycles. The van der Waals surface area contributed by atoms with Crippen LogP contribution < -0.4 is 5.32 Å². The molecule has 1 aliphatic rings. The van der Waals surface area contributed by atoms with E-state index in [0.717, 1.165) is 49.4 Å². The molecule has 1 aromatic heterocycles. The second-order valence-corrected chi connectivity index (χ2v) is 5.61. The SMILES string of the molecule is CCCNCc1nc2ccc(C(=O)O)cc2n1C[C@@H]1CCO1. The molecule has 0 saturated carbocycles. The van der Waals surface area contributed by atoms with Gasteiger partial charge >= 0.3 is 5.97 Å². The Bertz CT molecular complexity index is 677. The lowest BCUT2D eigenvalue weighted by Crippen LogP contribution is -2.32. The summed E-state index contributed by atoms with van der Waals surface area (Å²) in [5.74, 6) is 0.0155. The Balaban J connectivity index is 1.96. The quantitative estimate of drug-likeness (QED) is 0.765. The van der Waals surface area contributed by atoms with E-state index in [9.17, 15) is 9.90 Å². The van der Waals surface area contributed by atoms with E-state index >= 15 is 0 Å². The summed E-state index contributed by atoms with van der Waals surface area (Å²) in [6, 6.07) is 5.08. The van der Waals surface area contributed by atoms with Crippen molar-refractivity contribution in [1.82, 2.24) is 14.9 Å². The normalized spacial score (nSPS) is 17.6. The fraction of sp³-hybridized carbons (Fsp3) is 0.500. The number of carboxylic acid groups (broad SMARTS) is 1. The van der Waals surface area contributed by atoms with E-state index < -0.39 is 5.97 Å². The predicted molar refractivity (Wildman–Crippen MR) is 83.0 cm³/mol. The summed E-state index contributed by atoms with van der Waals surface area (Å²) < 4.78 is 7.62. The monoisotopic (exact) mass is 303 g/mol. The number of ether oxygens (including phenoxy) is 1. The lowest BCUT2D eigenvalue weighted by molar-refractivity contribution is -0.0590. The van der Waals surface area contributed by atoms with Crippen molar-refractivity contribution >= 4 is 17.0 Å². The molecule has 0 amide bonds. The molecule has 2 aromatic rings. The fourth-order valence-electron chi connectivity index (χ4n) is 2.65. The van der Waals surface area contributed by atoms with Crippen LogP contribution in [0.15, 0.2) is 18.2 Å². The van der Waals surface area contributed by atoms with Gasteiger partial charge in [0.15, 0.2) is 0 Å². The molecule has 1 fully saturated rings. The molecule has 2 N–H and O–H groups in total. The first kappa shape index (κ1) is 15.0. The van der Waals surface area contributed by atoms with Crippen LogP contribution in [0.3, 0.4) is 0 Å². The maximum absolute atomic E-state index is 11.2. The second-order valence-electron chi connectivity index (χ2n) is 5.61. The summed E-state index contributed by atoms with van der Waals surface area (Å²) in [4.78, 5) is 15.8. The van der Waals surface area contributed by atoms with Crippen molar-refractivity contribution in [3.05, 3.63) is 29.6 Å². The number of carbonyl (C=O) groups is 1. The van der Waals surface area contributed by atoms with Gasteiger partial charge in [-0.25, -0.2) is 9.78 Å². The smallest absolute Gasteiger partial charge is 0.335 e. The average molecular weight is 303 g/mol. The van der Waals surface area contributed by atoms with E-state index in [-0.39, 0.29) is 11.7 Å². The van der Waals surface area contributed by atoms with Crippen molar-refractivity contribution in [3.63, 3.8) is 0 Å². The highest BCUT2D eigenvalue weighted by molar-refractivity contribution is 5.92. The molecule has 1 saturated heterocycles. The van der Waals surface area contributed by atoms with Gasteiger partial charge in [0.2, 0.25) is 0 Å². The highest BCUT2D eigenvalue weighted by Crippen LogP contribution is 2.22. The third-order valence-electron chi connectivity index (χ3n) is 3.96. The van der Waals surface area contributed by atoms with Crippen molar-refractivity contribution in [1.29, 1.82) is 0 Å². The zero-order chi connectivity index (χ0) is 15.5. The number of carboxylic acids is 1. The Morgan fingerprint density at radius 1 is 1.55 bits per heavy atom. The molecule has 0 radical (unpaired) electrons. The van der Waals surface area contributed by atoms with E-state index in [4.69, 9.17) is 4.74 Å². The van der Waals surface area contributed by atoms with E-state index in [1.54, 1.807) is 18.2 Å². The fourth-order valence-corrected chi connectivity index (χ4v) is 2.65. The first-order valence-electron chi connectivity index (χ1n) is 7.74. The molecule has 0 spiro atoms. The zero-order valence-corrected chi connectivity index (χ0v) is 12.7. The predicted octanol–water partition coefficient (Wildman–Crippen LogP) is 2.02. The number of aromatic nitrogens is 2. The standard InChI is InChI=1S/C16H21N3O3/c1-2-6-17-9-15-18-13-4-3-11(16(20)21)8-14(13)19(15)10-12-5-7-22-12/h3-4,8,12,17H,2,5-7,9-10H2,1H3,(H,20,21)/t12-/m0/s1. The molecule has 0 bridgehead atoms. The minimum atomic E-state index is -0.916. The Hall–Kier alpha value is -1.92. The number of rotatable bonds is 7. The van der Waals surface area contributed by atoms with Crippen molar-refractivity contribution in [2.45, 2.75) is 39.0 Å². The molecular weight excluding hydrogens is 282 g/mol. The summed E-state index contributed by atoms with van der Waals surface area (Å²) >= 11 is 0. The molecule has 22 heavy (non-hydrogen) atoms. The lowest BCUT2D eigenvalue weighted by Gasteiger charge is -2.27. The maximum Gasteiger partial charge on any atom is 0.335 e. The molecule has 6 nitrogen and oxygen atoms in total. The largest absolute Gasteiger partial charge is 0.478 e. The van der Waals surface area contributed by atoms with Crippen LogP contribution in [0.1, 0.15) is 35.9 Å². The van der Waals surface area contributed by atoms with Gasteiger partial charge in [-0.15, -0.1) is 0 Å². The lowest BCUT2D eigenvalue weighted by atomic mass is 10.1. The molecule has 1 aromatic carbocycles. The van der Waals surface area contributed by atoms with Gasteiger partial charge in [-0.05, 0) is 37.6 Å². The van der Waals surface area contributed by atoms with Gasteiger partial charge < -0.3 is 19.7 Å². The minimum Gasteiger partial charge on any atom is -0.478 e. The van der Waals surface area contributed by atoms with Crippen LogP contribution in [0.25, 0.3) is 11.0 Å². The van der Waals surface area contributed by atoms with E-state index in [0.29, 0.717) is 6.54 Å². The van der Waals surface area contributed by atoms with Crippen LogP contribution in [0.2, 0.25) is 0 Å². The number of benzene rings is 1. The average Bonchev–Trinajstić information content (AvgIpc) is 2.80. The number of nitrogens with one attached hydrogen (secondary N) is 1. The first-order chi connectivity index (χ1) is 10.7. The van der Waals surface area contributed by atoms with Crippen LogP contribution in [-0.2, 0) is 17.8 Å². The summed E-state index contributed by atoms with van der Waals surface area (Å²) in [7, 11) is 0. The van der Waals surface area contributed by atoms with Gasteiger partial charge in [0.05, 0.1) is 35.8 Å². The number of hydrogen-bond donors (Lipinski definition) is 2. The van der Waals surface area contributed by atoms with Gasteiger partial charge in [-0.3, -0.25) is 0 Å². The molecule has 0 aliphatic carbocycles. The Morgan fingerprint density at radius 3 is 3.00 bits per heavy atom. The zero-order valence-electron chi connectivity index (χ0n) is 12.7. The molecule has 6 heteroatoms. The third-order valence-corrected chi connectivity index (χ3v) is 3.96. The van der Waals surface area contributed by atoms with Crippen molar-refractivity contribution in [2.75, 3.05) is 13.2 Å². The molecule has 3 rings (SSSR count). The number of aromatic carboxylic acids is 1.